The van der Waals surface area contributed by atoms with Crippen molar-refractivity contribution < 1.29 is 19.0 Å². The summed E-state index contributed by atoms with van der Waals surface area (Å²) in [7, 11) is 1.10. The van der Waals surface area contributed by atoms with E-state index < -0.39 is 18.0 Å². The maximum atomic E-state index is 12.7. The third-order valence-corrected chi connectivity index (χ3v) is 1.20. The Morgan fingerprint density at radius 1 is 1.75 bits per heavy atom. The summed E-state index contributed by atoms with van der Waals surface area (Å²) in [5, 5.41) is 17.0. The lowest BCUT2D eigenvalue weighted by atomic mass is 10.3. The number of aromatic amines is 1. The highest BCUT2D eigenvalue weighted by atomic mass is 19.1. The summed E-state index contributed by atoms with van der Waals surface area (Å²) < 4.78 is 16.9. The number of nitrogens with zero attached hydrogens (tertiary/aromatic N) is 2. The zero-order valence-corrected chi connectivity index (χ0v) is 6.11. The number of rotatable bonds is 3. The van der Waals surface area contributed by atoms with Gasteiger partial charge in [-0.3, -0.25) is 0 Å². The first-order chi connectivity index (χ1) is 5.66. The van der Waals surface area contributed by atoms with E-state index in [9.17, 15) is 9.18 Å². The van der Waals surface area contributed by atoms with E-state index in [1.54, 1.807) is 0 Å². The molecule has 7 heteroatoms. The zero-order valence-electron chi connectivity index (χ0n) is 6.11. The Kier molecular flexibility index (Phi) is 2.34. The molecule has 1 atom stereocenters. The van der Waals surface area contributed by atoms with Gasteiger partial charge in [-0.05, 0) is 0 Å². The van der Waals surface area contributed by atoms with Gasteiger partial charge in [-0.1, -0.05) is 0 Å². The Labute approximate surface area is 66.3 Å². The molecule has 1 unspecified atom stereocenters. The van der Waals surface area contributed by atoms with E-state index in [0.29, 0.717) is 0 Å². The Balaban J connectivity index is 2.98. The van der Waals surface area contributed by atoms with Gasteiger partial charge in [-0.15, -0.1) is 5.10 Å². The Morgan fingerprint density at radius 3 is 2.92 bits per heavy atom. The second-order valence-electron chi connectivity index (χ2n) is 1.91. The lowest BCUT2D eigenvalue weighted by molar-refractivity contribution is -0.0110. The molecular weight excluding hydrogens is 169 g/mol. The van der Waals surface area contributed by atoms with Crippen LogP contribution in [0.4, 0.5) is 4.39 Å². The van der Waals surface area contributed by atoms with Crippen LogP contribution >= 0.6 is 0 Å². The summed E-state index contributed by atoms with van der Waals surface area (Å²) >= 11 is 0. The minimum atomic E-state index is -1.87. The molecule has 0 bridgehead atoms. The number of carbonyl (C=O) groups is 1. The van der Waals surface area contributed by atoms with Crippen molar-refractivity contribution in [3.63, 3.8) is 0 Å². The predicted octanol–water partition coefficient (Wildman–Crippen LogP) is 0.117. The molecule has 12 heavy (non-hydrogen) atoms. The SMILES string of the molecule is COC(F)c1n[nH]nc1C(=O)O. The highest BCUT2D eigenvalue weighted by Crippen LogP contribution is 2.17. The molecule has 0 aliphatic heterocycles. The first-order valence-corrected chi connectivity index (χ1v) is 2.97. The lowest BCUT2D eigenvalue weighted by Gasteiger charge is -2.00. The third-order valence-electron chi connectivity index (χ3n) is 1.20. The molecule has 1 rings (SSSR count). The number of carboxylic acids is 1. The van der Waals surface area contributed by atoms with Gasteiger partial charge >= 0.3 is 5.97 Å². The van der Waals surface area contributed by atoms with Gasteiger partial charge in [-0.25, -0.2) is 9.18 Å². The average Bonchev–Trinajstić information content (AvgIpc) is 2.50. The Hall–Kier alpha value is -1.50. The van der Waals surface area contributed by atoms with Crippen molar-refractivity contribution in [3.05, 3.63) is 11.4 Å². The minimum absolute atomic E-state index is 0.356. The summed E-state index contributed by atoms with van der Waals surface area (Å²) in [5.74, 6) is -1.35. The van der Waals surface area contributed by atoms with Crippen LogP contribution in [-0.2, 0) is 4.74 Å². The zero-order chi connectivity index (χ0) is 9.14. The third kappa shape index (κ3) is 1.40. The van der Waals surface area contributed by atoms with Crippen LogP contribution in [0.1, 0.15) is 22.5 Å². The number of hydrogen-bond acceptors (Lipinski definition) is 4. The van der Waals surface area contributed by atoms with Crippen molar-refractivity contribution >= 4 is 5.97 Å². The van der Waals surface area contributed by atoms with Crippen LogP contribution in [0.25, 0.3) is 0 Å². The molecule has 0 aromatic carbocycles. The van der Waals surface area contributed by atoms with Gasteiger partial charge in [0.2, 0.25) is 6.36 Å². The number of aromatic nitrogens is 3. The monoisotopic (exact) mass is 175 g/mol. The molecule has 0 radical (unpaired) electrons. The van der Waals surface area contributed by atoms with Gasteiger partial charge in [0.15, 0.2) is 11.4 Å². The fraction of sp³-hybridized carbons (Fsp3) is 0.400. The molecule has 0 saturated heterocycles. The molecule has 0 fully saturated rings. The number of alkyl halides is 1. The van der Waals surface area contributed by atoms with Crippen LogP contribution in [0.5, 0.6) is 0 Å². The molecular formula is C5H6FN3O3. The topological polar surface area (TPSA) is 88.1 Å². The van der Waals surface area contributed by atoms with E-state index in [4.69, 9.17) is 5.11 Å². The van der Waals surface area contributed by atoms with E-state index in [1.807, 2.05) is 5.21 Å². The highest BCUT2D eigenvalue weighted by molar-refractivity contribution is 5.86. The van der Waals surface area contributed by atoms with Crippen LogP contribution in [-0.4, -0.2) is 33.6 Å². The van der Waals surface area contributed by atoms with Crippen LogP contribution in [0.15, 0.2) is 0 Å². The maximum absolute atomic E-state index is 12.7. The number of H-pyrrole nitrogens is 1. The van der Waals surface area contributed by atoms with Gasteiger partial charge in [0.05, 0.1) is 0 Å². The number of hydrogen-bond donors (Lipinski definition) is 2. The highest BCUT2D eigenvalue weighted by Gasteiger charge is 2.22. The van der Waals surface area contributed by atoms with Gasteiger partial charge < -0.3 is 9.84 Å². The van der Waals surface area contributed by atoms with Crippen molar-refractivity contribution in [1.29, 1.82) is 0 Å². The molecule has 0 aliphatic carbocycles. The van der Waals surface area contributed by atoms with E-state index >= 15 is 0 Å². The number of ether oxygens (including phenoxy) is 1. The summed E-state index contributed by atoms with van der Waals surface area (Å²) in [6.07, 6.45) is -1.87. The number of carboxylic acid groups (broad SMARTS) is 1. The van der Waals surface area contributed by atoms with Crippen molar-refractivity contribution in [3.8, 4) is 0 Å². The molecule has 0 saturated carbocycles. The molecule has 1 aromatic rings. The fourth-order valence-electron chi connectivity index (χ4n) is 0.666. The van der Waals surface area contributed by atoms with E-state index in [-0.39, 0.29) is 5.69 Å². The Morgan fingerprint density at radius 2 is 2.42 bits per heavy atom. The van der Waals surface area contributed by atoms with Crippen molar-refractivity contribution in [1.82, 2.24) is 15.4 Å². The summed E-state index contributed by atoms with van der Waals surface area (Å²) in [6.45, 7) is 0. The largest absolute Gasteiger partial charge is 0.476 e. The second kappa shape index (κ2) is 3.26. The average molecular weight is 175 g/mol. The Bertz CT molecular complexity index is 287. The summed E-state index contributed by atoms with van der Waals surface area (Å²) in [5.41, 5.74) is -0.825. The van der Waals surface area contributed by atoms with Gasteiger partial charge in [-0.2, -0.15) is 10.3 Å². The molecule has 1 heterocycles. The lowest BCUT2D eigenvalue weighted by Crippen LogP contribution is -2.05. The molecule has 2 N–H and O–H groups in total. The van der Waals surface area contributed by atoms with Crippen molar-refractivity contribution in [2.24, 2.45) is 0 Å². The van der Waals surface area contributed by atoms with Gasteiger partial charge in [0.25, 0.3) is 0 Å². The van der Waals surface area contributed by atoms with Crippen LogP contribution < -0.4 is 0 Å². The predicted molar refractivity (Wildman–Crippen MR) is 34.2 cm³/mol. The summed E-state index contributed by atoms with van der Waals surface area (Å²) in [6, 6.07) is 0. The molecule has 6 nitrogen and oxygen atoms in total. The maximum Gasteiger partial charge on any atom is 0.358 e. The van der Waals surface area contributed by atoms with E-state index in [0.717, 1.165) is 7.11 Å². The number of aromatic carboxylic acids is 1. The number of methoxy groups -OCH3 is 1. The first-order valence-electron chi connectivity index (χ1n) is 2.97. The fourth-order valence-corrected chi connectivity index (χ4v) is 0.666. The van der Waals surface area contributed by atoms with E-state index in [1.165, 1.54) is 0 Å². The first kappa shape index (κ1) is 8.60. The van der Waals surface area contributed by atoms with Crippen LogP contribution in [0.2, 0.25) is 0 Å². The molecule has 0 aliphatic rings. The van der Waals surface area contributed by atoms with Crippen LogP contribution in [0, 0.1) is 0 Å². The second-order valence-corrected chi connectivity index (χ2v) is 1.91. The molecule has 1 aromatic heterocycles. The quantitative estimate of drug-likeness (QED) is 0.681. The standard InChI is InChI=1S/C5H6FN3O3/c1-12-4(6)2-3(5(10)11)8-9-7-2/h4H,1H3,(H,10,11)(H,7,8,9). The van der Waals surface area contributed by atoms with Gasteiger partial charge in [0.1, 0.15) is 0 Å². The van der Waals surface area contributed by atoms with E-state index in [2.05, 4.69) is 14.9 Å². The molecule has 0 amide bonds. The summed E-state index contributed by atoms with van der Waals surface area (Å²) in [4.78, 5) is 10.4. The molecule has 0 spiro atoms. The smallest absolute Gasteiger partial charge is 0.358 e. The van der Waals surface area contributed by atoms with Crippen molar-refractivity contribution in [2.45, 2.75) is 6.36 Å². The molecule has 66 valence electrons. The minimum Gasteiger partial charge on any atom is -0.476 e. The van der Waals surface area contributed by atoms with Crippen LogP contribution in [0.3, 0.4) is 0 Å². The normalized spacial score (nSPS) is 12.8. The van der Waals surface area contributed by atoms with Crippen molar-refractivity contribution in [2.75, 3.05) is 7.11 Å². The number of halogens is 1. The number of nitrogens with one attached hydrogen (secondary N) is 1. The van der Waals surface area contributed by atoms with Gasteiger partial charge in [0, 0.05) is 7.11 Å².